The predicted molar refractivity (Wildman–Crippen MR) is 157 cm³/mol. The average Bonchev–Trinajstić information content (AvgIpc) is 3.05. The number of nitrogens with zero attached hydrogens (tertiary/aromatic N) is 2. The van der Waals surface area contributed by atoms with E-state index in [9.17, 15) is 19.5 Å². The van der Waals surface area contributed by atoms with E-state index in [1.54, 1.807) is 24.3 Å². The molecule has 222 valence electrons. The summed E-state index contributed by atoms with van der Waals surface area (Å²) in [4.78, 5) is 45.7. The molecule has 0 aromatic heterocycles. The highest BCUT2D eigenvalue weighted by molar-refractivity contribution is 6.30. The van der Waals surface area contributed by atoms with Crippen LogP contribution in [0.15, 0.2) is 41.6 Å². The Balaban J connectivity index is 1.93. The van der Waals surface area contributed by atoms with Gasteiger partial charge >= 0.3 is 12.0 Å². The second kappa shape index (κ2) is 13.6. The normalized spacial score (nSPS) is 17.4. The van der Waals surface area contributed by atoms with Crippen LogP contribution in [0.2, 0.25) is 5.02 Å². The van der Waals surface area contributed by atoms with Crippen LogP contribution in [0, 0.1) is 5.92 Å². The molecule has 1 aliphatic heterocycles. The molecule has 2 atom stereocenters. The number of carboxylic acid groups (broad SMARTS) is 1. The number of methoxy groups -OCH3 is 1. The lowest BCUT2D eigenvalue weighted by Crippen LogP contribution is -2.48. The van der Waals surface area contributed by atoms with Crippen molar-refractivity contribution in [3.8, 4) is 5.75 Å². The Kier molecular flexibility index (Phi) is 10.4. The number of amides is 3. The number of rotatable bonds is 9. The number of carboxylic acids is 1. The van der Waals surface area contributed by atoms with Crippen molar-refractivity contribution in [3.63, 3.8) is 0 Å². The standard InChI is InChI=1S/C29H38ClN5O6/c1-6-7-23(17-8-10-21(27(37)38)22(31)14-17)33-28(39)35-16-25(34-41-29(2,3)4)32-15-19(26(35)36)12-18-13-20(30)9-11-24(18)40-5/h8-11,13-14,19,23H,6-7,12,15-16,31H2,1-5H3,(H,32,34)(H,33,39)(H,37,38). The van der Waals surface area contributed by atoms with Gasteiger partial charge in [0.2, 0.25) is 5.91 Å². The molecule has 0 aliphatic carbocycles. The number of anilines is 1. The van der Waals surface area contributed by atoms with Gasteiger partial charge in [-0.3, -0.25) is 9.69 Å². The van der Waals surface area contributed by atoms with Crippen molar-refractivity contribution >= 4 is 41.0 Å². The summed E-state index contributed by atoms with van der Waals surface area (Å²) in [6.07, 6.45) is 1.51. The topological polar surface area (TPSA) is 156 Å². The van der Waals surface area contributed by atoms with E-state index in [4.69, 9.17) is 26.9 Å². The van der Waals surface area contributed by atoms with Crippen molar-refractivity contribution in [1.82, 2.24) is 15.5 Å². The number of ether oxygens (including phenoxy) is 1. The van der Waals surface area contributed by atoms with Gasteiger partial charge < -0.3 is 31.0 Å². The second-order valence-electron chi connectivity index (χ2n) is 10.8. The summed E-state index contributed by atoms with van der Waals surface area (Å²) in [5, 5.41) is 20.1. The molecule has 41 heavy (non-hydrogen) atoms. The number of urea groups is 1. The number of hydrogen-bond acceptors (Lipinski definition) is 7. The molecular weight excluding hydrogens is 550 g/mol. The third kappa shape index (κ3) is 8.50. The SMILES string of the molecule is CCCC(NC(=O)N1C/C(=N/OC(C)(C)C)NCC(Cc2cc(Cl)ccc2OC)C1=O)c1ccc(C(=O)O)c(N)c1. The molecular formula is C29H38ClN5O6. The predicted octanol–water partition coefficient (Wildman–Crippen LogP) is 4.60. The van der Waals surface area contributed by atoms with E-state index in [0.29, 0.717) is 35.0 Å². The summed E-state index contributed by atoms with van der Waals surface area (Å²) in [6, 6.07) is 8.60. The summed E-state index contributed by atoms with van der Waals surface area (Å²) in [5.74, 6) is -1.29. The number of imide groups is 1. The Morgan fingerprint density at radius 3 is 2.61 bits per heavy atom. The zero-order chi connectivity index (χ0) is 30.3. The number of carbonyl (C=O) groups excluding carboxylic acids is 2. The highest BCUT2D eigenvalue weighted by Gasteiger charge is 2.35. The first-order valence-corrected chi connectivity index (χ1v) is 13.8. The number of nitrogens with two attached hydrogens (primary N) is 1. The number of benzene rings is 2. The van der Waals surface area contributed by atoms with Gasteiger partial charge in [0.15, 0.2) is 5.84 Å². The van der Waals surface area contributed by atoms with Crippen molar-refractivity contribution in [3.05, 3.63) is 58.1 Å². The molecule has 2 aromatic rings. The van der Waals surface area contributed by atoms with Crippen LogP contribution in [0.5, 0.6) is 5.75 Å². The summed E-state index contributed by atoms with van der Waals surface area (Å²) in [6.45, 7) is 7.55. The summed E-state index contributed by atoms with van der Waals surface area (Å²) >= 11 is 6.22. The first-order chi connectivity index (χ1) is 19.3. The number of nitrogen functional groups attached to an aromatic ring is 1. The van der Waals surface area contributed by atoms with Gasteiger partial charge in [-0.25, -0.2) is 9.59 Å². The fourth-order valence-corrected chi connectivity index (χ4v) is 4.61. The Morgan fingerprint density at radius 2 is 2.00 bits per heavy atom. The maximum absolute atomic E-state index is 13.8. The summed E-state index contributed by atoms with van der Waals surface area (Å²) in [7, 11) is 1.54. The first-order valence-electron chi connectivity index (χ1n) is 13.4. The summed E-state index contributed by atoms with van der Waals surface area (Å²) < 4.78 is 5.47. The Morgan fingerprint density at radius 1 is 1.27 bits per heavy atom. The highest BCUT2D eigenvalue weighted by Crippen LogP contribution is 2.27. The van der Waals surface area contributed by atoms with Gasteiger partial charge in [-0.05, 0) is 75.1 Å². The van der Waals surface area contributed by atoms with Gasteiger partial charge in [0.1, 0.15) is 11.4 Å². The number of carbonyl (C=O) groups is 3. The Labute approximate surface area is 245 Å². The third-order valence-electron chi connectivity index (χ3n) is 6.44. The van der Waals surface area contributed by atoms with Crippen LogP contribution in [-0.2, 0) is 16.1 Å². The van der Waals surface area contributed by atoms with Gasteiger partial charge in [-0.1, -0.05) is 36.2 Å². The molecule has 5 N–H and O–H groups in total. The molecule has 11 nitrogen and oxygen atoms in total. The molecule has 3 rings (SSSR count). The van der Waals surface area contributed by atoms with E-state index in [1.807, 2.05) is 27.7 Å². The average molecular weight is 588 g/mol. The van der Waals surface area contributed by atoms with Gasteiger partial charge in [-0.15, -0.1) is 0 Å². The van der Waals surface area contributed by atoms with E-state index in [2.05, 4.69) is 15.8 Å². The molecule has 3 amide bonds. The van der Waals surface area contributed by atoms with Crippen molar-refractivity contribution in [2.45, 2.75) is 58.6 Å². The zero-order valence-corrected chi connectivity index (χ0v) is 24.7. The molecule has 2 aromatic carbocycles. The Bertz CT molecular complexity index is 1310. The van der Waals surface area contributed by atoms with Gasteiger partial charge in [0, 0.05) is 17.3 Å². The van der Waals surface area contributed by atoms with Crippen LogP contribution < -0.4 is 21.1 Å². The van der Waals surface area contributed by atoms with Crippen molar-refractivity contribution < 1.29 is 29.1 Å². The molecule has 0 bridgehead atoms. The van der Waals surface area contributed by atoms with Gasteiger partial charge in [0.05, 0.1) is 31.2 Å². The van der Waals surface area contributed by atoms with Crippen LogP contribution in [0.25, 0.3) is 0 Å². The number of aromatic carboxylic acids is 1. The van der Waals surface area contributed by atoms with Crippen molar-refractivity contribution in [2.75, 3.05) is 25.9 Å². The molecule has 2 unspecified atom stereocenters. The minimum absolute atomic E-state index is 0.0249. The third-order valence-corrected chi connectivity index (χ3v) is 6.68. The first kappa shape index (κ1) is 31.5. The van der Waals surface area contributed by atoms with E-state index >= 15 is 0 Å². The fraction of sp³-hybridized carbons (Fsp3) is 0.448. The number of nitrogens with one attached hydrogen (secondary N) is 2. The van der Waals surface area contributed by atoms with Crippen LogP contribution in [-0.4, -0.2) is 59.6 Å². The molecule has 1 fully saturated rings. The van der Waals surface area contributed by atoms with Crippen LogP contribution in [0.1, 0.15) is 68.1 Å². The number of halogens is 1. The second-order valence-corrected chi connectivity index (χ2v) is 11.3. The van der Waals surface area contributed by atoms with Crippen LogP contribution in [0.4, 0.5) is 10.5 Å². The maximum Gasteiger partial charge on any atom is 0.337 e. The minimum atomic E-state index is -1.14. The van der Waals surface area contributed by atoms with E-state index in [0.717, 1.165) is 10.5 Å². The lowest BCUT2D eigenvalue weighted by atomic mass is 9.97. The quantitative estimate of drug-likeness (QED) is 0.245. The lowest BCUT2D eigenvalue weighted by molar-refractivity contribution is -0.131. The highest BCUT2D eigenvalue weighted by atomic mass is 35.5. The largest absolute Gasteiger partial charge is 0.496 e. The molecule has 1 aliphatic rings. The van der Waals surface area contributed by atoms with Crippen LogP contribution >= 0.6 is 11.6 Å². The smallest absolute Gasteiger partial charge is 0.337 e. The van der Waals surface area contributed by atoms with Crippen molar-refractivity contribution in [2.24, 2.45) is 11.1 Å². The monoisotopic (exact) mass is 587 g/mol. The number of oxime groups is 1. The molecule has 12 heteroatoms. The molecule has 1 saturated heterocycles. The zero-order valence-electron chi connectivity index (χ0n) is 24.0. The molecule has 0 radical (unpaired) electrons. The fourth-order valence-electron chi connectivity index (χ4n) is 4.42. The van der Waals surface area contributed by atoms with Crippen LogP contribution in [0.3, 0.4) is 0 Å². The van der Waals surface area contributed by atoms with Crippen molar-refractivity contribution in [1.29, 1.82) is 0 Å². The molecule has 1 heterocycles. The van der Waals surface area contributed by atoms with E-state index in [1.165, 1.54) is 19.2 Å². The van der Waals surface area contributed by atoms with Gasteiger partial charge in [-0.2, -0.15) is 0 Å². The summed E-state index contributed by atoms with van der Waals surface area (Å²) in [5.41, 5.74) is 6.81. The van der Waals surface area contributed by atoms with E-state index < -0.39 is 35.5 Å². The van der Waals surface area contributed by atoms with E-state index in [-0.39, 0.29) is 30.8 Å². The molecule has 0 saturated carbocycles. The Hall–Kier alpha value is -3.99. The maximum atomic E-state index is 13.8. The van der Waals surface area contributed by atoms with Gasteiger partial charge in [0.25, 0.3) is 0 Å². The lowest BCUT2D eigenvalue weighted by Gasteiger charge is -2.26. The molecule has 0 spiro atoms. The number of amidine groups is 1. The number of hydrogen-bond donors (Lipinski definition) is 4. The minimum Gasteiger partial charge on any atom is -0.496 e.